The average molecular weight is 449 g/mol. The number of hydrogen-bond donors (Lipinski definition) is 1. The van der Waals surface area contributed by atoms with Crippen molar-refractivity contribution in [3.05, 3.63) is 71.8 Å². The average Bonchev–Trinajstić information content (AvgIpc) is 2.87. The van der Waals surface area contributed by atoms with Crippen molar-refractivity contribution in [1.29, 1.82) is 0 Å². The summed E-state index contributed by atoms with van der Waals surface area (Å²) in [4.78, 5) is 43.6. The van der Waals surface area contributed by atoms with Crippen LogP contribution in [0.3, 0.4) is 0 Å². The molecule has 2 aliphatic rings. The maximum Gasteiger partial charge on any atom is 0.318 e. The fourth-order valence-electron chi connectivity index (χ4n) is 4.79. The first-order chi connectivity index (χ1) is 16.0. The number of amides is 4. The Bertz CT molecular complexity index is 958. The maximum atomic E-state index is 13.3. The molecule has 7 heteroatoms. The summed E-state index contributed by atoms with van der Waals surface area (Å²) in [5, 5.41) is 3.04. The van der Waals surface area contributed by atoms with Crippen LogP contribution in [-0.4, -0.2) is 65.3 Å². The van der Waals surface area contributed by atoms with E-state index in [9.17, 15) is 14.4 Å². The molecule has 33 heavy (non-hydrogen) atoms. The van der Waals surface area contributed by atoms with Crippen LogP contribution in [0.1, 0.15) is 36.9 Å². The number of hydrogen-bond acceptors (Lipinski definition) is 3. The molecule has 0 bridgehead atoms. The number of likely N-dealkylation sites (tertiary alicyclic amines) is 1. The van der Waals surface area contributed by atoms with Crippen LogP contribution in [-0.2, 0) is 16.1 Å². The molecule has 0 aromatic heterocycles. The Kier molecular flexibility index (Phi) is 7.27. The van der Waals surface area contributed by atoms with E-state index in [1.165, 1.54) is 0 Å². The van der Waals surface area contributed by atoms with Gasteiger partial charge in [0.05, 0.1) is 12.0 Å². The van der Waals surface area contributed by atoms with Gasteiger partial charge in [-0.1, -0.05) is 60.7 Å². The van der Waals surface area contributed by atoms with E-state index in [1.54, 1.807) is 11.8 Å². The highest BCUT2D eigenvalue weighted by Gasteiger charge is 2.37. The van der Waals surface area contributed by atoms with Gasteiger partial charge in [0, 0.05) is 46.2 Å². The molecule has 2 aromatic carbocycles. The van der Waals surface area contributed by atoms with Crippen LogP contribution >= 0.6 is 0 Å². The Hall–Kier alpha value is -3.35. The number of nitrogens with one attached hydrogen (secondary N) is 1. The summed E-state index contributed by atoms with van der Waals surface area (Å²) in [5.41, 5.74) is 2.13. The van der Waals surface area contributed by atoms with Crippen LogP contribution in [0, 0.1) is 5.92 Å². The number of urea groups is 1. The Morgan fingerprint density at radius 1 is 0.848 bits per heavy atom. The van der Waals surface area contributed by atoms with Crippen LogP contribution in [0.4, 0.5) is 4.79 Å². The summed E-state index contributed by atoms with van der Waals surface area (Å²) in [7, 11) is 0. The molecular formula is C26H32N4O3. The third kappa shape index (κ3) is 5.53. The van der Waals surface area contributed by atoms with Crippen LogP contribution < -0.4 is 5.32 Å². The predicted molar refractivity (Wildman–Crippen MR) is 126 cm³/mol. The number of rotatable bonds is 4. The quantitative estimate of drug-likeness (QED) is 0.782. The summed E-state index contributed by atoms with van der Waals surface area (Å²) in [5.74, 6) is -0.0892. The van der Waals surface area contributed by atoms with Gasteiger partial charge in [-0.25, -0.2) is 4.79 Å². The topological polar surface area (TPSA) is 73.0 Å². The van der Waals surface area contributed by atoms with Crippen LogP contribution in [0.5, 0.6) is 0 Å². The second-order valence-electron chi connectivity index (χ2n) is 8.83. The van der Waals surface area contributed by atoms with E-state index >= 15 is 0 Å². The lowest BCUT2D eigenvalue weighted by atomic mass is 9.88. The molecule has 4 amide bonds. The molecule has 0 saturated carbocycles. The molecule has 174 valence electrons. The first kappa shape index (κ1) is 22.8. The minimum Gasteiger partial charge on any atom is -0.339 e. The highest BCUT2D eigenvalue weighted by molar-refractivity contribution is 5.82. The fourth-order valence-corrected chi connectivity index (χ4v) is 4.79. The zero-order chi connectivity index (χ0) is 23.2. The molecule has 4 rings (SSSR count). The van der Waals surface area contributed by atoms with Crippen molar-refractivity contribution in [3.63, 3.8) is 0 Å². The van der Waals surface area contributed by atoms with Gasteiger partial charge < -0.3 is 20.0 Å². The highest BCUT2D eigenvalue weighted by atomic mass is 16.2. The second kappa shape index (κ2) is 10.5. The Morgan fingerprint density at radius 3 is 2.09 bits per heavy atom. The molecular weight excluding hydrogens is 416 g/mol. The van der Waals surface area contributed by atoms with Crippen molar-refractivity contribution in [2.45, 2.75) is 32.4 Å². The van der Waals surface area contributed by atoms with E-state index in [2.05, 4.69) is 5.32 Å². The lowest BCUT2D eigenvalue weighted by Crippen LogP contribution is -2.55. The lowest BCUT2D eigenvalue weighted by Gasteiger charge is -2.42. The van der Waals surface area contributed by atoms with Crippen molar-refractivity contribution in [1.82, 2.24) is 20.0 Å². The van der Waals surface area contributed by atoms with E-state index in [0.717, 1.165) is 24.0 Å². The summed E-state index contributed by atoms with van der Waals surface area (Å²) in [6.07, 6.45) is 1.49. The molecule has 2 fully saturated rings. The monoisotopic (exact) mass is 448 g/mol. The molecule has 2 aliphatic heterocycles. The number of carbonyl (C=O) groups excluding carboxylic acids is 3. The standard InChI is InChI=1S/C26H32N4O3/c1-20(31)28-14-16-29(17-15-28)25(32)23-12-13-24(22-10-6-3-7-11-22)30(19-23)26(33)27-18-21-8-4-2-5-9-21/h2-11,23-24H,12-19H2,1H3,(H,27,33). The number of nitrogens with zero attached hydrogens (tertiary/aromatic N) is 3. The third-order valence-electron chi connectivity index (χ3n) is 6.70. The van der Waals surface area contributed by atoms with E-state index in [-0.39, 0.29) is 29.8 Å². The van der Waals surface area contributed by atoms with Crippen molar-refractivity contribution in [2.75, 3.05) is 32.7 Å². The van der Waals surface area contributed by atoms with E-state index in [1.807, 2.05) is 70.5 Å². The third-order valence-corrected chi connectivity index (χ3v) is 6.70. The molecule has 2 unspecified atom stereocenters. The van der Waals surface area contributed by atoms with Crippen molar-refractivity contribution in [2.24, 2.45) is 5.92 Å². The first-order valence-electron chi connectivity index (χ1n) is 11.7. The molecule has 2 aromatic rings. The smallest absolute Gasteiger partial charge is 0.318 e. The SMILES string of the molecule is CC(=O)N1CCN(C(=O)C2CCC(c3ccccc3)N(C(=O)NCc3ccccc3)C2)CC1. The second-order valence-corrected chi connectivity index (χ2v) is 8.83. The van der Waals surface area contributed by atoms with E-state index in [0.29, 0.717) is 39.3 Å². The van der Waals surface area contributed by atoms with Crippen molar-refractivity contribution in [3.8, 4) is 0 Å². The van der Waals surface area contributed by atoms with Gasteiger partial charge in [0.2, 0.25) is 11.8 Å². The number of carbonyl (C=O) groups is 3. The van der Waals surface area contributed by atoms with Crippen molar-refractivity contribution >= 4 is 17.8 Å². The first-order valence-corrected chi connectivity index (χ1v) is 11.7. The van der Waals surface area contributed by atoms with Crippen LogP contribution in [0.25, 0.3) is 0 Å². The zero-order valence-electron chi connectivity index (χ0n) is 19.2. The molecule has 0 spiro atoms. The molecule has 0 radical (unpaired) electrons. The lowest BCUT2D eigenvalue weighted by molar-refractivity contribution is -0.142. The van der Waals surface area contributed by atoms with Gasteiger partial charge in [0.15, 0.2) is 0 Å². The number of piperazine rings is 1. The van der Waals surface area contributed by atoms with Crippen LogP contribution in [0.15, 0.2) is 60.7 Å². The molecule has 2 heterocycles. The maximum absolute atomic E-state index is 13.3. The molecule has 2 saturated heterocycles. The summed E-state index contributed by atoms with van der Waals surface area (Å²) in [6, 6.07) is 19.7. The van der Waals surface area contributed by atoms with Gasteiger partial charge in [0.25, 0.3) is 0 Å². The Morgan fingerprint density at radius 2 is 1.45 bits per heavy atom. The minimum absolute atomic E-state index is 0.0479. The molecule has 2 atom stereocenters. The van der Waals surface area contributed by atoms with Gasteiger partial charge in [-0.2, -0.15) is 0 Å². The van der Waals surface area contributed by atoms with Gasteiger partial charge in [0.1, 0.15) is 0 Å². The molecule has 7 nitrogen and oxygen atoms in total. The van der Waals surface area contributed by atoms with Crippen LogP contribution in [0.2, 0.25) is 0 Å². The van der Waals surface area contributed by atoms with Gasteiger partial charge in [-0.15, -0.1) is 0 Å². The predicted octanol–water partition coefficient (Wildman–Crippen LogP) is 3.04. The van der Waals surface area contributed by atoms with Gasteiger partial charge >= 0.3 is 6.03 Å². The van der Waals surface area contributed by atoms with E-state index < -0.39 is 0 Å². The number of piperidine rings is 1. The highest BCUT2D eigenvalue weighted by Crippen LogP contribution is 2.34. The zero-order valence-corrected chi connectivity index (χ0v) is 19.2. The van der Waals surface area contributed by atoms with E-state index in [4.69, 9.17) is 0 Å². The summed E-state index contributed by atoms with van der Waals surface area (Å²) >= 11 is 0. The van der Waals surface area contributed by atoms with Gasteiger partial charge in [-0.3, -0.25) is 9.59 Å². The molecule has 0 aliphatic carbocycles. The largest absolute Gasteiger partial charge is 0.339 e. The summed E-state index contributed by atoms with van der Waals surface area (Å²) < 4.78 is 0. The summed E-state index contributed by atoms with van der Waals surface area (Å²) in [6.45, 7) is 4.65. The fraction of sp³-hybridized carbons (Fsp3) is 0.423. The number of benzene rings is 2. The van der Waals surface area contributed by atoms with Gasteiger partial charge in [-0.05, 0) is 24.0 Å². The van der Waals surface area contributed by atoms with Crippen molar-refractivity contribution < 1.29 is 14.4 Å². The minimum atomic E-state index is -0.226. The molecule has 1 N–H and O–H groups in total. The normalized spacial score (nSPS) is 20.9. The Labute approximate surface area is 195 Å². The Balaban J connectivity index is 1.44.